The minimum atomic E-state index is -0.788. The van der Waals surface area contributed by atoms with Gasteiger partial charge in [-0.25, -0.2) is 0 Å². The van der Waals surface area contributed by atoms with Gasteiger partial charge in [-0.2, -0.15) is 12.6 Å². The van der Waals surface area contributed by atoms with E-state index in [-0.39, 0.29) is 29.4 Å². The summed E-state index contributed by atoms with van der Waals surface area (Å²) in [4.78, 5) is 38.5. The van der Waals surface area contributed by atoms with Crippen molar-refractivity contribution >= 4 is 41.6 Å². The highest BCUT2D eigenvalue weighted by atomic mass is 32.1. The number of anilines is 2. The molecule has 0 aromatic heterocycles. The van der Waals surface area contributed by atoms with Gasteiger partial charge >= 0.3 is 0 Å². The molecule has 0 heterocycles. The minimum absolute atomic E-state index is 0.142. The maximum atomic E-state index is 13.3. The highest BCUT2D eigenvalue weighted by molar-refractivity contribution is 7.80. The molecule has 186 valence electrons. The number of rotatable bonds is 9. The van der Waals surface area contributed by atoms with Crippen LogP contribution in [0, 0.1) is 0 Å². The average Bonchev–Trinajstić information content (AvgIpc) is 2.94. The van der Waals surface area contributed by atoms with Gasteiger partial charge in [0.2, 0.25) is 11.8 Å². The summed E-state index contributed by atoms with van der Waals surface area (Å²) in [5.74, 6) is -0.771. The Morgan fingerprint density at radius 2 is 1.38 bits per heavy atom. The molecule has 1 unspecified atom stereocenters. The average molecular weight is 510 g/mol. The number of hydrogen-bond acceptors (Lipinski definition) is 5. The third-order valence-corrected chi connectivity index (χ3v) is 6.19. The van der Waals surface area contributed by atoms with E-state index in [2.05, 4.69) is 23.3 Å². The van der Waals surface area contributed by atoms with Gasteiger partial charge in [-0.15, -0.1) is 0 Å². The van der Waals surface area contributed by atoms with Crippen LogP contribution in [0.2, 0.25) is 0 Å². The molecule has 0 saturated heterocycles. The molecule has 0 radical (unpaired) electrons. The Kier molecular flexibility index (Phi) is 8.51. The van der Waals surface area contributed by atoms with E-state index >= 15 is 0 Å². The Morgan fingerprint density at radius 1 is 0.757 bits per heavy atom. The maximum Gasteiger partial charge on any atom is 0.242 e. The van der Waals surface area contributed by atoms with Crippen molar-refractivity contribution in [3.63, 3.8) is 0 Å². The fraction of sp³-hybridized carbons (Fsp3) is 0.100. The van der Waals surface area contributed by atoms with Gasteiger partial charge in [0, 0.05) is 22.6 Å². The zero-order chi connectivity index (χ0) is 26.2. The molecule has 6 nitrogen and oxygen atoms in total. The van der Waals surface area contributed by atoms with Crippen molar-refractivity contribution in [3.05, 3.63) is 120 Å². The lowest BCUT2D eigenvalue weighted by Crippen LogP contribution is -2.37. The second-order valence-electron chi connectivity index (χ2n) is 8.52. The lowest BCUT2D eigenvalue weighted by Gasteiger charge is -2.15. The summed E-state index contributed by atoms with van der Waals surface area (Å²) in [5, 5.41) is 5.56. The van der Waals surface area contributed by atoms with Crippen LogP contribution in [0.25, 0.3) is 11.1 Å². The summed E-state index contributed by atoms with van der Waals surface area (Å²) in [7, 11) is 0. The van der Waals surface area contributed by atoms with Gasteiger partial charge in [-0.1, -0.05) is 84.9 Å². The van der Waals surface area contributed by atoms with E-state index in [0.717, 1.165) is 16.7 Å². The minimum Gasteiger partial charge on any atom is -0.325 e. The first kappa shape index (κ1) is 25.9. The molecule has 0 aliphatic heterocycles. The van der Waals surface area contributed by atoms with E-state index in [1.54, 1.807) is 42.5 Å². The molecule has 0 fully saturated rings. The number of ketones is 1. The summed E-state index contributed by atoms with van der Waals surface area (Å²) in [6.45, 7) is 0. The molecule has 1 atom stereocenters. The first-order valence-corrected chi connectivity index (χ1v) is 12.4. The standard InChI is InChI=1S/C30H27N3O3S/c31-26(19-37)30(36)32-24-15-16-27(25(18-24)29(35)23-9-5-2-6-10-23)33-28(34)17-20-11-13-22(14-12-20)21-7-3-1-4-8-21/h1-16,18,26,37H,17,19,31H2,(H,32,36)(H,33,34). The van der Waals surface area contributed by atoms with Gasteiger partial charge in [0.1, 0.15) is 0 Å². The van der Waals surface area contributed by atoms with Crippen LogP contribution in [-0.2, 0) is 16.0 Å². The molecule has 4 aromatic carbocycles. The van der Waals surface area contributed by atoms with Crippen molar-refractivity contribution in [3.8, 4) is 11.1 Å². The number of carbonyl (C=O) groups is 3. The van der Waals surface area contributed by atoms with Crippen LogP contribution in [0.3, 0.4) is 0 Å². The lowest BCUT2D eigenvalue weighted by atomic mass is 10.00. The smallest absolute Gasteiger partial charge is 0.242 e. The van der Waals surface area contributed by atoms with Crippen LogP contribution >= 0.6 is 12.6 Å². The molecule has 0 saturated carbocycles. The number of carbonyl (C=O) groups excluding carboxylic acids is 3. The van der Waals surface area contributed by atoms with Crippen LogP contribution in [0.15, 0.2) is 103 Å². The third kappa shape index (κ3) is 6.73. The number of amides is 2. The van der Waals surface area contributed by atoms with Crippen LogP contribution < -0.4 is 16.4 Å². The van der Waals surface area contributed by atoms with Gasteiger partial charge < -0.3 is 16.4 Å². The monoisotopic (exact) mass is 509 g/mol. The second-order valence-corrected chi connectivity index (χ2v) is 8.89. The third-order valence-electron chi connectivity index (χ3n) is 5.80. The Balaban J connectivity index is 1.54. The van der Waals surface area contributed by atoms with Crippen molar-refractivity contribution in [1.29, 1.82) is 0 Å². The van der Waals surface area contributed by atoms with Crippen molar-refractivity contribution in [2.75, 3.05) is 16.4 Å². The zero-order valence-corrected chi connectivity index (χ0v) is 21.0. The fourth-order valence-corrected chi connectivity index (χ4v) is 3.97. The summed E-state index contributed by atoms with van der Waals surface area (Å²) in [6.07, 6.45) is 0.142. The highest BCUT2D eigenvalue weighted by Crippen LogP contribution is 2.25. The lowest BCUT2D eigenvalue weighted by molar-refractivity contribution is -0.117. The molecule has 4 N–H and O–H groups in total. The SMILES string of the molecule is NC(CS)C(=O)Nc1ccc(NC(=O)Cc2ccc(-c3ccccc3)cc2)c(C(=O)c2ccccc2)c1. The predicted molar refractivity (Wildman–Crippen MR) is 151 cm³/mol. The molecular formula is C30H27N3O3S. The summed E-state index contributed by atoms with van der Waals surface area (Å²) in [5.41, 5.74) is 10.2. The largest absolute Gasteiger partial charge is 0.325 e. The molecular weight excluding hydrogens is 482 g/mol. The molecule has 4 rings (SSSR count). The van der Waals surface area contributed by atoms with E-state index in [9.17, 15) is 14.4 Å². The van der Waals surface area contributed by atoms with E-state index in [4.69, 9.17) is 5.73 Å². The highest BCUT2D eigenvalue weighted by Gasteiger charge is 2.18. The van der Waals surface area contributed by atoms with E-state index in [0.29, 0.717) is 16.9 Å². The Labute approximate surface area is 221 Å². The molecule has 4 aromatic rings. The summed E-state index contributed by atoms with van der Waals surface area (Å²) in [6, 6.07) is 30.5. The molecule has 0 bridgehead atoms. The van der Waals surface area contributed by atoms with E-state index < -0.39 is 11.9 Å². The van der Waals surface area contributed by atoms with Gasteiger partial charge in [0.15, 0.2) is 5.78 Å². The van der Waals surface area contributed by atoms with Crippen molar-refractivity contribution in [2.24, 2.45) is 5.73 Å². The normalized spacial score (nSPS) is 11.4. The van der Waals surface area contributed by atoms with Crippen LogP contribution in [0.4, 0.5) is 11.4 Å². The molecule has 0 aliphatic carbocycles. The zero-order valence-electron chi connectivity index (χ0n) is 20.1. The van der Waals surface area contributed by atoms with Gasteiger partial charge in [-0.3, -0.25) is 14.4 Å². The summed E-state index contributed by atoms with van der Waals surface area (Å²) < 4.78 is 0. The van der Waals surface area contributed by atoms with Gasteiger partial charge in [0.25, 0.3) is 0 Å². The number of nitrogens with two attached hydrogens (primary N) is 1. The number of hydrogen-bond donors (Lipinski definition) is 4. The summed E-state index contributed by atoms with van der Waals surface area (Å²) >= 11 is 4.05. The van der Waals surface area contributed by atoms with Crippen molar-refractivity contribution < 1.29 is 14.4 Å². The Bertz CT molecular complexity index is 1390. The number of thiol groups is 1. The molecule has 0 aliphatic rings. The first-order chi connectivity index (χ1) is 17.9. The maximum absolute atomic E-state index is 13.3. The van der Waals surface area contributed by atoms with Crippen LogP contribution in [0.5, 0.6) is 0 Å². The quantitative estimate of drug-likeness (QED) is 0.189. The first-order valence-electron chi connectivity index (χ1n) is 11.8. The van der Waals surface area contributed by atoms with Crippen LogP contribution in [-0.4, -0.2) is 29.4 Å². The molecule has 37 heavy (non-hydrogen) atoms. The second kappa shape index (κ2) is 12.2. The van der Waals surface area contributed by atoms with E-state index in [1.807, 2.05) is 60.7 Å². The predicted octanol–water partition coefficient (Wildman–Crippen LogP) is 4.96. The van der Waals surface area contributed by atoms with Gasteiger partial charge in [-0.05, 0) is 34.9 Å². The Morgan fingerprint density at radius 3 is 2.03 bits per heavy atom. The number of nitrogens with one attached hydrogen (secondary N) is 2. The topological polar surface area (TPSA) is 101 Å². The Hall–Kier alpha value is -4.20. The van der Waals surface area contributed by atoms with Gasteiger partial charge in [0.05, 0.1) is 18.2 Å². The van der Waals surface area contributed by atoms with Crippen molar-refractivity contribution in [2.45, 2.75) is 12.5 Å². The van der Waals surface area contributed by atoms with Crippen molar-refractivity contribution in [1.82, 2.24) is 0 Å². The van der Waals surface area contributed by atoms with Crippen LogP contribution in [0.1, 0.15) is 21.5 Å². The number of benzene rings is 4. The fourth-order valence-electron chi connectivity index (χ4n) is 3.81. The molecule has 7 heteroatoms. The molecule has 0 spiro atoms. The molecule has 2 amide bonds. The van der Waals surface area contributed by atoms with E-state index in [1.165, 1.54) is 0 Å².